The molecule has 2 heterocycles. The van der Waals surface area contributed by atoms with Crippen LogP contribution in [0.5, 0.6) is 0 Å². The average molecular weight is 268 g/mol. The Morgan fingerprint density at radius 2 is 2.33 bits per heavy atom. The second kappa shape index (κ2) is 6.39. The van der Waals surface area contributed by atoms with Gasteiger partial charge in [0.25, 0.3) is 0 Å². The predicted molar refractivity (Wildman–Crippen MR) is 77.2 cm³/mol. The molecule has 1 atom stereocenters. The second-order valence-corrected chi connectivity index (χ2v) is 5.52. The fourth-order valence-corrected chi connectivity index (χ4v) is 2.47. The average Bonchev–Trinajstić information content (AvgIpc) is 2.78. The van der Waals surface area contributed by atoms with Crippen molar-refractivity contribution >= 4 is 17.4 Å². The van der Waals surface area contributed by atoms with Gasteiger partial charge < -0.3 is 10.2 Å². The lowest BCUT2D eigenvalue weighted by molar-refractivity contribution is 0.656. The molecule has 100 valence electrons. The van der Waals surface area contributed by atoms with E-state index in [1.807, 2.05) is 12.1 Å². The summed E-state index contributed by atoms with van der Waals surface area (Å²) in [6.45, 7) is 8.42. The molecule has 1 aliphatic heterocycles. The zero-order valence-electron chi connectivity index (χ0n) is 11.2. The van der Waals surface area contributed by atoms with Crippen molar-refractivity contribution in [2.24, 2.45) is 5.92 Å². The lowest BCUT2D eigenvalue weighted by Crippen LogP contribution is -2.22. The van der Waals surface area contributed by atoms with Gasteiger partial charge in [-0.2, -0.15) is 0 Å². The Labute approximate surface area is 115 Å². The van der Waals surface area contributed by atoms with Crippen molar-refractivity contribution in [3.05, 3.63) is 22.8 Å². The van der Waals surface area contributed by atoms with Gasteiger partial charge >= 0.3 is 0 Å². The van der Waals surface area contributed by atoms with Crippen LogP contribution < -0.4 is 10.2 Å². The highest BCUT2D eigenvalue weighted by molar-refractivity contribution is 6.31. The molecule has 1 aromatic rings. The van der Waals surface area contributed by atoms with E-state index < -0.39 is 0 Å². The van der Waals surface area contributed by atoms with Crippen molar-refractivity contribution < 1.29 is 0 Å². The Morgan fingerprint density at radius 1 is 1.50 bits per heavy atom. The largest absolute Gasteiger partial charge is 0.356 e. The summed E-state index contributed by atoms with van der Waals surface area (Å²) in [7, 11) is 0. The van der Waals surface area contributed by atoms with Gasteiger partial charge in [0.1, 0.15) is 5.82 Å². The number of nitrogens with one attached hydrogen (secondary N) is 1. The Balaban J connectivity index is 2.05. The van der Waals surface area contributed by atoms with E-state index in [0.29, 0.717) is 0 Å². The normalized spacial score (nSPS) is 19.5. The number of pyridine rings is 1. The summed E-state index contributed by atoms with van der Waals surface area (Å²) in [6, 6.07) is 4.00. The fraction of sp³-hybridized carbons (Fsp3) is 0.643. The minimum atomic E-state index is 0.754. The topological polar surface area (TPSA) is 28.2 Å². The third-order valence-electron chi connectivity index (χ3n) is 3.37. The quantitative estimate of drug-likeness (QED) is 0.831. The molecule has 1 N–H and O–H groups in total. The zero-order chi connectivity index (χ0) is 13.0. The van der Waals surface area contributed by atoms with Gasteiger partial charge in [-0.3, -0.25) is 0 Å². The third-order valence-corrected chi connectivity index (χ3v) is 3.72. The summed E-state index contributed by atoms with van der Waals surface area (Å²) in [6.07, 6.45) is 2.38. The van der Waals surface area contributed by atoms with Gasteiger partial charge in [-0.1, -0.05) is 25.4 Å². The van der Waals surface area contributed by atoms with E-state index in [2.05, 4.69) is 24.1 Å². The summed E-state index contributed by atoms with van der Waals surface area (Å²) < 4.78 is 0. The number of rotatable bonds is 5. The van der Waals surface area contributed by atoms with Gasteiger partial charge in [-0.15, -0.1) is 0 Å². The van der Waals surface area contributed by atoms with E-state index in [1.165, 1.54) is 6.42 Å². The highest BCUT2D eigenvalue weighted by atomic mass is 35.5. The van der Waals surface area contributed by atoms with Crippen molar-refractivity contribution in [1.82, 2.24) is 10.3 Å². The van der Waals surface area contributed by atoms with Gasteiger partial charge in [0.15, 0.2) is 0 Å². The van der Waals surface area contributed by atoms with Crippen LogP contribution in [0, 0.1) is 5.92 Å². The molecule has 0 radical (unpaired) electrons. The maximum absolute atomic E-state index is 6.19. The molecule has 0 spiro atoms. The molecule has 3 nitrogen and oxygen atoms in total. The summed E-state index contributed by atoms with van der Waals surface area (Å²) in [5.41, 5.74) is 0.960. The molecule has 0 aromatic carbocycles. The second-order valence-electron chi connectivity index (χ2n) is 5.11. The van der Waals surface area contributed by atoms with E-state index >= 15 is 0 Å². The molecule has 1 aromatic heterocycles. The predicted octanol–water partition coefficient (Wildman–Crippen LogP) is 3.08. The molecule has 0 bridgehead atoms. The van der Waals surface area contributed by atoms with Crippen LogP contribution in [-0.4, -0.2) is 24.6 Å². The molecular formula is C14H22ClN3. The first-order valence-electron chi connectivity index (χ1n) is 6.81. The summed E-state index contributed by atoms with van der Waals surface area (Å²) in [4.78, 5) is 7.04. The minimum Gasteiger partial charge on any atom is -0.356 e. The lowest BCUT2D eigenvalue weighted by Gasteiger charge is -2.18. The molecule has 4 heteroatoms. The van der Waals surface area contributed by atoms with Crippen molar-refractivity contribution in [3.63, 3.8) is 0 Å². The van der Waals surface area contributed by atoms with Crippen LogP contribution in [0.2, 0.25) is 5.02 Å². The van der Waals surface area contributed by atoms with Crippen molar-refractivity contribution in [2.45, 2.75) is 33.2 Å². The summed E-state index contributed by atoms with van der Waals surface area (Å²) >= 11 is 6.19. The zero-order valence-corrected chi connectivity index (χ0v) is 12.0. The van der Waals surface area contributed by atoms with Crippen molar-refractivity contribution in [2.75, 3.05) is 24.5 Å². The van der Waals surface area contributed by atoms with Crippen molar-refractivity contribution in [3.8, 4) is 0 Å². The van der Waals surface area contributed by atoms with Crippen LogP contribution in [0.15, 0.2) is 12.1 Å². The SMILES string of the molecule is CCCNCc1nc(N2CCC(C)C2)ccc1Cl. The number of anilines is 1. The number of aromatic nitrogens is 1. The van der Waals surface area contributed by atoms with Gasteiger partial charge in [0, 0.05) is 19.6 Å². The van der Waals surface area contributed by atoms with E-state index in [-0.39, 0.29) is 0 Å². The fourth-order valence-electron chi connectivity index (χ4n) is 2.30. The highest BCUT2D eigenvalue weighted by Crippen LogP contribution is 2.24. The van der Waals surface area contributed by atoms with Gasteiger partial charge in [-0.25, -0.2) is 4.98 Å². The molecule has 1 saturated heterocycles. The van der Waals surface area contributed by atoms with E-state index in [0.717, 1.165) is 55.1 Å². The maximum Gasteiger partial charge on any atom is 0.128 e. The highest BCUT2D eigenvalue weighted by Gasteiger charge is 2.20. The summed E-state index contributed by atoms with van der Waals surface area (Å²) in [5, 5.41) is 4.11. The Hall–Kier alpha value is -0.800. The van der Waals surface area contributed by atoms with Gasteiger partial charge in [-0.05, 0) is 37.4 Å². The number of halogens is 1. The van der Waals surface area contributed by atoms with Crippen LogP contribution in [0.25, 0.3) is 0 Å². The van der Waals surface area contributed by atoms with Gasteiger partial charge in [0.05, 0.1) is 10.7 Å². The van der Waals surface area contributed by atoms with Crippen LogP contribution in [-0.2, 0) is 6.54 Å². The van der Waals surface area contributed by atoms with Crippen LogP contribution in [0.1, 0.15) is 32.4 Å². The molecule has 0 amide bonds. The van der Waals surface area contributed by atoms with Crippen LogP contribution in [0.3, 0.4) is 0 Å². The molecule has 0 aliphatic carbocycles. The lowest BCUT2D eigenvalue weighted by atomic mass is 10.2. The first-order chi connectivity index (χ1) is 8.70. The first-order valence-corrected chi connectivity index (χ1v) is 7.19. The van der Waals surface area contributed by atoms with E-state index in [1.54, 1.807) is 0 Å². The Bertz CT molecular complexity index is 395. The minimum absolute atomic E-state index is 0.754. The Morgan fingerprint density at radius 3 is 3.00 bits per heavy atom. The van der Waals surface area contributed by atoms with Crippen molar-refractivity contribution in [1.29, 1.82) is 0 Å². The van der Waals surface area contributed by atoms with Gasteiger partial charge in [0.2, 0.25) is 0 Å². The van der Waals surface area contributed by atoms with Crippen LogP contribution in [0.4, 0.5) is 5.82 Å². The van der Waals surface area contributed by atoms with Crippen LogP contribution >= 0.6 is 11.6 Å². The number of hydrogen-bond donors (Lipinski definition) is 1. The van der Waals surface area contributed by atoms with E-state index in [4.69, 9.17) is 16.6 Å². The molecular weight excluding hydrogens is 246 g/mol. The molecule has 0 saturated carbocycles. The maximum atomic E-state index is 6.19. The number of nitrogens with zero attached hydrogens (tertiary/aromatic N) is 2. The molecule has 1 fully saturated rings. The molecule has 2 rings (SSSR count). The standard InChI is InChI=1S/C14H22ClN3/c1-3-7-16-9-13-12(15)4-5-14(17-13)18-8-6-11(2)10-18/h4-5,11,16H,3,6-10H2,1-2H3. The first kappa shape index (κ1) is 13.6. The smallest absolute Gasteiger partial charge is 0.128 e. The number of hydrogen-bond acceptors (Lipinski definition) is 3. The third kappa shape index (κ3) is 3.36. The summed E-state index contributed by atoms with van der Waals surface area (Å²) in [5.74, 6) is 1.83. The Kier molecular flexibility index (Phi) is 4.84. The molecule has 1 unspecified atom stereocenters. The molecule has 18 heavy (non-hydrogen) atoms. The van der Waals surface area contributed by atoms with E-state index in [9.17, 15) is 0 Å². The monoisotopic (exact) mass is 267 g/mol. The molecule has 1 aliphatic rings.